The van der Waals surface area contributed by atoms with Crippen molar-refractivity contribution in [1.82, 2.24) is 9.97 Å². The molecule has 1 aromatic carbocycles. The second-order valence-electron chi connectivity index (χ2n) is 3.77. The summed E-state index contributed by atoms with van der Waals surface area (Å²) in [5, 5.41) is 2.14. The zero-order chi connectivity index (χ0) is 14.9. The first kappa shape index (κ1) is 14.4. The first-order valence-corrected chi connectivity index (χ1v) is 5.96. The van der Waals surface area contributed by atoms with E-state index < -0.39 is 24.6 Å². The Hall–Kier alpha value is -1.97. The predicted molar refractivity (Wildman–Crippen MR) is 67.6 cm³/mol. The number of halogens is 4. The van der Waals surface area contributed by atoms with Crippen molar-refractivity contribution in [2.24, 2.45) is 0 Å². The van der Waals surface area contributed by atoms with E-state index in [1.807, 2.05) is 0 Å². The number of carbonyl (C=O) groups is 1. The van der Waals surface area contributed by atoms with Crippen LogP contribution in [-0.4, -0.2) is 28.8 Å². The highest BCUT2D eigenvalue weighted by molar-refractivity contribution is 9.10. The molecule has 0 unspecified atom stereocenters. The number of hydrogen-bond acceptors (Lipinski definition) is 3. The zero-order valence-electron chi connectivity index (χ0n) is 9.60. The van der Waals surface area contributed by atoms with Crippen molar-refractivity contribution in [1.29, 1.82) is 0 Å². The van der Waals surface area contributed by atoms with E-state index >= 15 is 0 Å². The molecular formula is C10H7BrF3N3O3. The molecule has 0 fully saturated rings. The van der Waals surface area contributed by atoms with Gasteiger partial charge in [0.15, 0.2) is 6.61 Å². The Balaban J connectivity index is 2.14. The second kappa shape index (κ2) is 5.19. The molecule has 1 amide bonds. The van der Waals surface area contributed by atoms with Crippen LogP contribution >= 0.6 is 15.9 Å². The van der Waals surface area contributed by atoms with Gasteiger partial charge < -0.3 is 14.7 Å². The number of nitrogens with one attached hydrogen (secondary N) is 3. The third kappa shape index (κ3) is 3.53. The second-order valence-corrected chi connectivity index (χ2v) is 4.63. The number of benzene rings is 1. The van der Waals surface area contributed by atoms with Gasteiger partial charge in [-0.15, -0.1) is 0 Å². The van der Waals surface area contributed by atoms with Gasteiger partial charge in [-0.2, -0.15) is 13.2 Å². The molecule has 0 aliphatic heterocycles. The first-order valence-electron chi connectivity index (χ1n) is 5.17. The average Bonchev–Trinajstić information content (AvgIpc) is 2.65. The molecule has 2 aromatic rings. The number of H-pyrrole nitrogens is 2. The Bertz CT molecular complexity index is 707. The average molecular weight is 354 g/mol. The Morgan fingerprint density at radius 1 is 1.30 bits per heavy atom. The Labute approximate surface area is 117 Å². The molecule has 0 aliphatic carbocycles. The summed E-state index contributed by atoms with van der Waals surface area (Å²) in [5.74, 6) is 0. The van der Waals surface area contributed by atoms with Gasteiger partial charge in [0.05, 0.1) is 16.7 Å². The monoisotopic (exact) mass is 353 g/mol. The lowest BCUT2D eigenvalue weighted by atomic mass is 10.3. The first-order chi connectivity index (χ1) is 9.24. The maximum atomic E-state index is 11.9. The summed E-state index contributed by atoms with van der Waals surface area (Å²) >= 11 is 3.12. The fraction of sp³-hybridized carbons (Fsp3) is 0.200. The highest BCUT2D eigenvalue weighted by atomic mass is 79.9. The number of rotatable bonds is 2. The molecular weight excluding hydrogens is 347 g/mol. The van der Waals surface area contributed by atoms with Gasteiger partial charge in [0.2, 0.25) is 0 Å². The van der Waals surface area contributed by atoms with Crippen LogP contribution in [0, 0.1) is 0 Å². The summed E-state index contributed by atoms with van der Waals surface area (Å²) in [6.45, 7) is -1.68. The largest absolute Gasteiger partial charge is 0.440 e. The Kier molecular flexibility index (Phi) is 3.75. The fourth-order valence-corrected chi connectivity index (χ4v) is 1.89. The Morgan fingerprint density at radius 3 is 2.50 bits per heavy atom. The van der Waals surface area contributed by atoms with E-state index in [1.54, 1.807) is 0 Å². The van der Waals surface area contributed by atoms with Crippen molar-refractivity contribution >= 4 is 38.7 Å². The van der Waals surface area contributed by atoms with Gasteiger partial charge in [-0.1, -0.05) is 0 Å². The fourth-order valence-electron chi connectivity index (χ4n) is 1.45. The summed E-state index contributed by atoms with van der Waals surface area (Å²) < 4.78 is 40.0. The number of amides is 1. The maximum absolute atomic E-state index is 11.9. The van der Waals surface area contributed by atoms with Gasteiger partial charge in [0.25, 0.3) is 0 Å². The zero-order valence-corrected chi connectivity index (χ0v) is 11.2. The van der Waals surface area contributed by atoms with Crippen LogP contribution in [-0.2, 0) is 4.74 Å². The predicted octanol–water partition coefficient (Wildman–Crippen LogP) is 2.73. The number of aromatic nitrogens is 2. The molecule has 0 radical (unpaired) electrons. The number of fused-ring (bicyclic) bond motifs is 1. The van der Waals surface area contributed by atoms with Gasteiger partial charge in [-0.05, 0) is 28.1 Å². The van der Waals surface area contributed by atoms with E-state index in [-0.39, 0.29) is 5.69 Å². The van der Waals surface area contributed by atoms with Crippen molar-refractivity contribution in [3.63, 3.8) is 0 Å². The molecule has 0 saturated heterocycles. The van der Waals surface area contributed by atoms with Gasteiger partial charge >= 0.3 is 18.0 Å². The van der Waals surface area contributed by atoms with Gasteiger partial charge in [-0.3, -0.25) is 5.32 Å². The minimum atomic E-state index is -4.59. The molecule has 0 atom stereocenters. The molecule has 1 aromatic heterocycles. The lowest BCUT2D eigenvalue weighted by molar-refractivity contribution is -0.159. The van der Waals surface area contributed by atoms with E-state index in [0.29, 0.717) is 15.5 Å². The van der Waals surface area contributed by atoms with E-state index in [1.165, 1.54) is 12.1 Å². The standard InChI is InChI=1S/C10H7BrF3N3O3/c11-4-1-6-7(16-8(18)15-6)2-5(4)17-9(19)20-3-10(12,13)14/h1-2H,3H2,(H,17,19)(H2,15,16,18). The minimum absolute atomic E-state index is 0.167. The van der Waals surface area contributed by atoms with Gasteiger partial charge in [-0.25, -0.2) is 9.59 Å². The van der Waals surface area contributed by atoms with E-state index in [2.05, 4.69) is 36.0 Å². The molecule has 6 nitrogen and oxygen atoms in total. The van der Waals surface area contributed by atoms with Crippen LogP contribution in [0.25, 0.3) is 11.0 Å². The summed E-state index contributed by atoms with van der Waals surface area (Å²) in [7, 11) is 0. The molecule has 0 bridgehead atoms. The van der Waals surface area contributed by atoms with Crippen molar-refractivity contribution in [3.8, 4) is 0 Å². The number of carbonyl (C=O) groups excluding carboxylic acids is 1. The molecule has 0 spiro atoms. The topological polar surface area (TPSA) is 87.0 Å². The van der Waals surface area contributed by atoms with Crippen LogP contribution in [0.4, 0.5) is 23.7 Å². The van der Waals surface area contributed by atoms with Crippen LogP contribution < -0.4 is 11.0 Å². The quantitative estimate of drug-likeness (QED) is 0.775. The maximum Gasteiger partial charge on any atom is 0.422 e. The van der Waals surface area contributed by atoms with E-state index in [4.69, 9.17) is 0 Å². The van der Waals surface area contributed by atoms with Crippen LogP contribution in [0.2, 0.25) is 0 Å². The van der Waals surface area contributed by atoms with Crippen molar-refractivity contribution in [2.75, 3.05) is 11.9 Å². The number of hydrogen-bond donors (Lipinski definition) is 3. The highest BCUT2D eigenvalue weighted by Crippen LogP contribution is 2.26. The minimum Gasteiger partial charge on any atom is -0.440 e. The highest BCUT2D eigenvalue weighted by Gasteiger charge is 2.29. The normalized spacial score (nSPS) is 11.6. The van der Waals surface area contributed by atoms with E-state index in [0.717, 1.165) is 0 Å². The SMILES string of the molecule is O=C(Nc1cc2[nH]c(=O)[nH]c2cc1Br)OCC(F)(F)F. The van der Waals surface area contributed by atoms with Gasteiger partial charge in [0.1, 0.15) is 0 Å². The number of aromatic amines is 2. The molecule has 3 N–H and O–H groups in total. The molecule has 10 heteroatoms. The van der Waals surface area contributed by atoms with Crippen LogP contribution in [0.5, 0.6) is 0 Å². The summed E-state index contributed by atoms with van der Waals surface area (Å²) in [6.07, 6.45) is -5.84. The molecule has 20 heavy (non-hydrogen) atoms. The summed E-state index contributed by atoms with van der Waals surface area (Å²) in [5.41, 5.74) is 0.601. The van der Waals surface area contributed by atoms with Crippen molar-refractivity contribution in [2.45, 2.75) is 6.18 Å². The van der Waals surface area contributed by atoms with Crippen LogP contribution in [0.3, 0.4) is 0 Å². The molecule has 0 aliphatic rings. The number of alkyl halides is 3. The third-order valence-electron chi connectivity index (χ3n) is 2.21. The van der Waals surface area contributed by atoms with Crippen LogP contribution in [0.1, 0.15) is 0 Å². The third-order valence-corrected chi connectivity index (χ3v) is 2.86. The lowest BCUT2D eigenvalue weighted by Gasteiger charge is -2.10. The summed E-state index contributed by atoms with van der Waals surface area (Å²) in [6, 6.07) is 2.87. The van der Waals surface area contributed by atoms with E-state index in [9.17, 15) is 22.8 Å². The molecule has 1 heterocycles. The smallest absolute Gasteiger partial charge is 0.422 e. The molecule has 108 valence electrons. The molecule has 2 rings (SSSR count). The number of imidazole rings is 1. The lowest BCUT2D eigenvalue weighted by Crippen LogP contribution is -2.23. The van der Waals surface area contributed by atoms with Gasteiger partial charge in [0, 0.05) is 4.47 Å². The van der Waals surface area contributed by atoms with Crippen molar-refractivity contribution in [3.05, 3.63) is 27.1 Å². The number of ether oxygens (including phenoxy) is 1. The molecule has 0 saturated carbocycles. The number of anilines is 1. The van der Waals surface area contributed by atoms with Crippen LogP contribution in [0.15, 0.2) is 21.4 Å². The summed E-state index contributed by atoms with van der Waals surface area (Å²) in [4.78, 5) is 27.2. The van der Waals surface area contributed by atoms with Crippen molar-refractivity contribution < 1.29 is 22.7 Å². The Morgan fingerprint density at radius 2 is 1.90 bits per heavy atom.